The Bertz CT molecular complexity index is 169. The average Bonchev–Trinajstić information content (AvgIpc) is 1.82. The Kier molecular flexibility index (Phi) is 17.5. The smallest absolute Gasteiger partial charge is 0.131 e. The van der Waals surface area contributed by atoms with Crippen molar-refractivity contribution in [3.8, 4) is 0 Å². The number of rotatable bonds is 3. The summed E-state index contributed by atoms with van der Waals surface area (Å²) in [5, 5.41) is 0.374. The monoisotopic (exact) mass is 326 g/mol. The summed E-state index contributed by atoms with van der Waals surface area (Å²) in [6.45, 7) is 2.04. The van der Waals surface area contributed by atoms with E-state index in [4.69, 9.17) is 35.9 Å². The zero-order chi connectivity index (χ0) is 8.85. The van der Waals surface area contributed by atoms with Gasteiger partial charge in [-0.25, -0.2) is 0 Å². The first-order chi connectivity index (χ1) is 5.02. The molecule has 8 heteroatoms. The molecule has 1 unspecified atom stereocenters. The summed E-state index contributed by atoms with van der Waals surface area (Å²) in [6.07, 6.45) is 0. The van der Waals surface area contributed by atoms with Crippen LogP contribution in [0.25, 0.3) is 0 Å². The van der Waals surface area contributed by atoms with E-state index in [0.717, 1.165) is 5.75 Å². The summed E-state index contributed by atoms with van der Waals surface area (Å²) in [6, 6.07) is 0. The van der Waals surface area contributed by atoms with Crippen molar-refractivity contribution >= 4 is 69.0 Å². The number of thioether (sulfide) groups is 2. The molecule has 0 saturated carbocycles. The summed E-state index contributed by atoms with van der Waals surface area (Å²) in [5.74, 6) is 0.858. The fourth-order valence-electron chi connectivity index (χ4n) is 0.432. The first-order valence-corrected chi connectivity index (χ1v) is 5.59. The number of nitrogens with two attached hydrogens (primary N) is 2. The summed E-state index contributed by atoms with van der Waals surface area (Å²) < 4.78 is 0.946. The van der Waals surface area contributed by atoms with Crippen LogP contribution in [0.5, 0.6) is 0 Å². The first kappa shape index (κ1) is 19.9. The van der Waals surface area contributed by atoms with Gasteiger partial charge in [-0.2, -0.15) is 0 Å². The first-order valence-electron chi connectivity index (χ1n) is 2.90. The van der Waals surface area contributed by atoms with Gasteiger partial charge in [-0.1, -0.05) is 54.9 Å². The molecule has 0 aliphatic rings. The van der Waals surface area contributed by atoms with Gasteiger partial charge in [0.15, 0.2) is 0 Å². The minimum Gasteiger partial charge on any atom is -0.385 e. The molecule has 0 amide bonds. The third kappa shape index (κ3) is 16.1. The Morgan fingerprint density at radius 1 is 1.31 bits per heavy atom. The minimum atomic E-state index is 0. The van der Waals surface area contributed by atoms with E-state index in [1.165, 1.54) is 23.5 Å². The maximum atomic E-state index is 5.32. The molecule has 74 valence electrons. The predicted molar refractivity (Wildman–Crippen MR) is 70.3 cm³/mol. The number of hydrogen-bond donors (Lipinski definition) is 2. The van der Waals surface area contributed by atoms with E-state index in [-0.39, 0.29) is 31.9 Å². The van der Waals surface area contributed by atoms with Crippen LogP contribution < -0.4 is 11.5 Å². The fraction of sp³-hybridized carbons (Fsp3) is 0.600. The molecule has 0 saturated heterocycles. The van der Waals surface area contributed by atoms with Crippen LogP contribution in [0, 0.1) is 0 Å². The summed E-state index contributed by atoms with van der Waals surface area (Å²) in [5.41, 5.74) is 10.6. The molecule has 0 rings (SSSR count). The number of halogens is 1. The van der Waals surface area contributed by atoms with E-state index in [0.29, 0.717) is 13.9 Å². The standard InChI is InChI=1S/C5H10N2S4.ClH.Zn/c1-3(11-5(7)9)2-10-4(6)8;;/h3H,2H2,1H3,(H2,6,8)(H2,7,9);1H;. The molecule has 0 aliphatic heterocycles. The maximum Gasteiger partial charge on any atom is 0.131 e. The van der Waals surface area contributed by atoms with Crippen LogP contribution >= 0.6 is 60.4 Å². The van der Waals surface area contributed by atoms with E-state index >= 15 is 0 Å². The zero-order valence-electron chi connectivity index (χ0n) is 7.19. The Hall–Kier alpha value is 1.39. The van der Waals surface area contributed by atoms with Gasteiger partial charge in [-0.15, -0.1) is 12.4 Å². The van der Waals surface area contributed by atoms with Crippen LogP contribution in [0.1, 0.15) is 6.92 Å². The van der Waals surface area contributed by atoms with Gasteiger partial charge in [-0.05, 0) is 0 Å². The molecular formula is C5H11ClN2S4Zn. The number of hydrogen-bond acceptors (Lipinski definition) is 4. The Balaban J connectivity index is -0.000000500. The topological polar surface area (TPSA) is 52.0 Å². The van der Waals surface area contributed by atoms with Crippen LogP contribution in [0.4, 0.5) is 0 Å². The van der Waals surface area contributed by atoms with Gasteiger partial charge >= 0.3 is 0 Å². The van der Waals surface area contributed by atoms with Crippen LogP contribution in [0.15, 0.2) is 0 Å². The molecule has 0 aromatic heterocycles. The van der Waals surface area contributed by atoms with Crippen LogP contribution in [0.3, 0.4) is 0 Å². The van der Waals surface area contributed by atoms with Gasteiger partial charge < -0.3 is 11.5 Å². The molecule has 0 aromatic carbocycles. The van der Waals surface area contributed by atoms with Gasteiger partial charge in [0.05, 0.1) is 0 Å². The summed E-state index contributed by atoms with van der Waals surface area (Å²) >= 11 is 12.3. The minimum absolute atomic E-state index is 0. The Morgan fingerprint density at radius 2 is 1.77 bits per heavy atom. The molecular weight excluding hydrogens is 317 g/mol. The van der Waals surface area contributed by atoms with E-state index in [9.17, 15) is 0 Å². The second-order valence-electron chi connectivity index (χ2n) is 1.88. The molecule has 0 aliphatic carbocycles. The normalized spacial score (nSPS) is 10.5. The van der Waals surface area contributed by atoms with Crippen LogP contribution in [-0.2, 0) is 19.5 Å². The van der Waals surface area contributed by atoms with Crippen molar-refractivity contribution in [3.05, 3.63) is 0 Å². The van der Waals surface area contributed by atoms with Crippen molar-refractivity contribution in [3.63, 3.8) is 0 Å². The third-order valence-corrected chi connectivity index (χ3v) is 3.38. The van der Waals surface area contributed by atoms with Crippen molar-refractivity contribution in [1.29, 1.82) is 0 Å². The van der Waals surface area contributed by atoms with Gasteiger partial charge in [0.2, 0.25) is 0 Å². The van der Waals surface area contributed by atoms with Gasteiger partial charge in [0, 0.05) is 30.5 Å². The molecule has 0 heterocycles. The van der Waals surface area contributed by atoms with Crippen LogP contribution in [-0.4, -0.2) is 19.6 Å². The van der Waals surface area contributed by atoms with Crippen molar-refractivity contribution in [2.24, 2.45) is 11.5 Å². The molecule has 4 N–H and O–H groups in total. The van der Waals surface area contributed by atoms with Gasteiger partial charge in [-0.3, -0.25) is 0 Å². The second-order valence-corrected chi connectivity index (χ2v) is 5.82. The summed E-state index contributed by atoms with van der Waals surface area (Å²) in [4.78, 5) is 0. The largest absolute Gasteiger partial charge is 0.385 e. The van der Waals surface area contributed by atoms with Crippen LogP contribution in [0.2, 0.25) is 0 Å². The molecule has 0 aromatic rings. The molecule has 13 heavy (non-hydrogen) atoms. The van der Waals surface area contributed by atoms with E-state index in [2.05, 4.69) is 0 Å². The fourth-order valence-corrected chi connectivity index (χ4v) is 2.40. The zero-order valence-corrected chi connectivity index (χ0v) is 14.2. The Labute approximate surface area is 117 Å². The van der Waals surface area contributed by atoms with E-state index in [1.54, 1.807) is 0 Å². The average molecular weight is 328 g/mol. The molecule has 1 atom stereocenters. The van der Waals surface area contributed by atoms with Gasteiger partial charge in [0.1, 0.15) is 8.64 Å². The summed E-state index contributed by atoms with van der Waals surface area (Å²) in [7, 11) is 0. The molecule has 2 nitrogen and oxygen atoms in total. The van der Waals surface area contributed by atoms with Crippen molar-refractivity contribution in [2.75, 3.05) is 5.75 Å². The molecule has 0 radical (unpaired) electrons. The third-order valence-electron chi connectivity index (χ3n) is 0.778. The maximum absolute atomic E-state index is 5.32. The van der Waals surface area contributed by atoms with Crippen molar-refractivity contribution in [1.82, 2.24) is 0 Å². The molecule has 0 fully saturated rings. The number of thiocarbonyl (C=S) groups is 2. The van der Waals surface area contributed by atoms with E-state index in [1.807, 2.05) is 6.92 Å². The Morgan fingerprint density at radius 3 is 2.08 bits per heavy atom. The van der Waals surface area contributed by atoms with E-state index < -0.39 is 0 Å². The second kappa shape index (κ2) is 11.5. The van der Waals surface area contributed by atoms with Crippen molar-refractivity contribution in [2.45, 2.75) is 12.2 Å². The van der Waals surface area contributed by atoms with Crippen molar-refractivity contribution < 1.29 is 19.5 Å². The predicted octanol–water partition coefficient (Wildman–Crippen LogP) is 1.75. The quantitative estimate of drug-likeness (QED) is 0.608. The molecule has 0 spiro atoms. The van der Waals surface area contributed by atoms with Gasteiger partial charge in [0.25, 0.3) is 0 Å². The molecule has 0 bridgehead atoms. The SMILES string of the molecule is CC(CSC(N)=S)SC(N)=S.Cl.[Zn].